The van der Waals surface area contributed by atoms with Gasteiger partial charge in [-0.3, -0.25) is 9.89 Å². The van der Waals surface area contributed by atoms with Crippen LogP contribution in [0.1, 0.15) is 56.9 Å². The van der Waals surface area contributed by atoms with Gasteiger partial charge in [0, 0.05) is 25.2 Å². The van der Waals surface area contributed by atoms with E-state index in [1.807, 2.05) is 20.8 Å². The Labute approximate surface area is 163 Å². The molecule has 0 atom stereocenters. The highest BCUT2D eigenvalue weighted by atomic mass is 16.6. The Bertz CT molecular complexity index is 729. The van der Waals surface area contributed by atoms with Crippen molar-refractivity contribution in [2.24, 2.45) is 0 Å². The minimum atomic E-state index is -0.530. The predicted octanol–water partition coefficient (Wildman–Crippen LogP) is 1.82. The largest absolute Gasteiger partial charge is 0.444 e. The van der Waals surface area contributed by atoms with E-state index in [2.05, 4.69) is 26.1 Å². The molecule has 10 heteroatoms. The number of rotatable bonds is 4. The van der Waals surface area contributed by atoms with Gasteiger partial charge in [-0.05, 0) is 46.5 Å². The number of hydrogen-bond donors (Lipinski definition) is 4. The summed E-state index contributed by atoms with van der Waals surface area (Å²) in [6.07, 6.45) is 4.29. The first kappa shape index (κ1) is 20.0. The molecule has 1 aliphatic carbocycles. The molecule has 2 aliphatic rings. The SMILES string of the molecule is CC(C)(C)OC(=O)N1CCC(NC(=O)c2[nH]ncc2NC(=O)NC2CC2)CC1. The second kappa shape index (κ2) is 8.07. The molecule has 3 rings (SSSR count). The first-order valence-corrected chi connectivity index (χ1v) is 9.61. The molecular weight excluding hydrogens is 364 g/mol. The van der Waals surface area contributed by atoms with Gasteiger partial charge in [-0.1, -0.05) is 0 Å². The third kappa shape index (κ3) is 5.61. The summed E-state index contributed by atoms with van der Waals surface area (Å²) in [7, 11) is 0. The fraction of sp³-hybridized carbons (Fsp3) is 0.667. The van der Waals surface area contributed by atoms with Crippen LogP contribution in [0.4, 0.5) is 15.3 Å². The Morgan fingerprint density at radius 2 is 1.75 bits per heavy atom. The van der Waals surface area contributed by atoms with Crippen molar-refractivity contribution in [2.75, 3.05) is 18.4 Å². The van der Waals surface area contributed by atoms with Crippen LogP contribution in [-0.2, 0) is 4.74 Å². The molecule has 0 radical (unpaired) electrons. The van der Waals surface area contributed by atoms with Gasteiger partial charge in [-0.2, -0.15) is 5.10 Å². The zero-order chi connectivity index (χ0) is 20.3. The van der Waals surface area contributed by atoms with E-state index in [4.69, 9.17) is 4.74 Å². The van der Waals surface area contributed by atoms with Crippen LogP contribution in [-0.4, -0.2) is 63.9 Å². The Hall–Kier alpha value is -2.78. The van der Waals surface area contributed by atoms with Crippen molar-refractivity contribution >= 4 is 23.7 Å². The van der Waals surface area contributed by atoms with Gasteiger partial charge in [-0.25, -0.2) is 9.59 Å². The van der Waals surface area contributed by atoms with Crippen LogP contribution < -0.4 is 16.0 Å². The molecule has 1 aromatic heterocycles. The number of likely N-dealkylation sites (tertiary alicyclic amines) is 1. The number of piperidine rings is 1. The quantitative estimate of drug-likeness (QED) is 0.621. The van der Waals surface area contributed by atoms with Gasteiger partial charge in [0.25, 0.3) is 5.91 Å². The van der Waals surface area contributed by atoms with E-state index >= 15 is 0 Å². The minimum absolute atomic E-state index is 0.0670. The summed E-state index contributed by atoms with van der Waals surface area (Å²) in [4.78, 5) is 38.2. The second-order valence-electron chi connectivity index (χ2n) is 8.25. The fourth-order valence-corrected chi connectivity index (χ4v) is 2.92. The molecule has 1 saturated heterocycles. The minimum Gasteiger partial charge on any atom is -0.444 e. The van der Waals surface area contributed by atoms with E-state index in [1.165, 1.54) is 6.20 Å². The molecule has 154 valence electrons. The molecule has 1 aromatic rings. The van der Waals surface area contributed by atoms with Crippen molar-refractivity contribution in [1.82, 2.24) is 25.7 Å². The highest BCUT2D eigenvalue weighted by Crippen LogP contribution is 2.20. The third-order valence-electron chi connectivity index (χ3n) is 4.51. The monoisotopic (exact) mass is 392 g/mol. The number of carbonyl (C=O) groups is 3. The van der Waals surface area contributed by atoms with E-state index in [-0.39, 0.29) is 35.8 Å². The first-order valence-electron chi connectivity index (χ1n) is 9.61. The summed E-state index contributed by atoms with van der Waals surface area (Å²) in [5.41, 5.74) is 0.0141. The van der Waals surface area contributed by atoms with Crippen LogP contribution >= 0.6 is 0 Å². The van der Waals surface area contributed by atoms with Crippen LogP contribution in [0.15, 0.2) is 6.20 Å². The Morgan fingerprint density at radius 1 is 1.11 bits per heavy atom. The van der Waals surface area contributed by atoms with Crippen molar-refractivity contribution in [2.45, 2.75) is 64.1 Å². The van der Waals surface area contributed by atoms with Gasteiger partial charge >= 0.3 is 12.1 Å². The molecule has 10 nitrogen and oxygen atoms in total. The lowest BCUT2D eigenvalue weighted by Gasteiger charge is -2.33. The number of amides is 4. The summed E-state index contributed by atoms with van der Waals surface area (Å²) in [6.45, 7) is 6.52. The molecule has 1 aliphatic heterocycles. The number of carbonyl (C=O) groups excluding carboxylic acids is 3. The molecule has 2 heterocycles. The Balaban J connectivity index is 1.48. The van der Waals surface area contributed by atoms with Crippen LogP contribution in [0.25, 0.3) is 0 Å². The Morgan fingerprint density at radius 3 is 2.36 bits per heavy atom. The summed E-state index contributed by atoms with van der Waals surface area (Å²) in [6, 6.07) is -0.189. The molecule has 1 saturated carbocycles. The second-order valence-corrected chi connectivity index (χ2v) is 8.25. The van der Waals surface area contributed by atoms with Crippen LogP contribution in [0, 0.1) is 0 Å². The topological polar surface area (TPSA) is 128 Å². The molecule has 0 aromatic carbocycles. The molecule has 4 N–H and O–H groups in total. The normalized spacial score (nSPS) is 17.8. The lowest BCUT2D eigenvalue weighted by Crippen LogP contribution is -2.48. The number of aromatic amines is 1. The fourth-order valence-electron chi connectivity index (χ4n) is 2.92. The average Bonchev–Trinajstić information content (AvgIpc) is 3.28. The Kier molecular flexibility index (Phi) is 5.76. The first-order chi connectivity index (χ1) is 13.2. The molecular formula is C18H28N6O4. The zero-order valence-electron chi connectivity index (χ0n) is 16.5. The van der Waals surface area contributed by atoms with Gasteiger partial charge in [-0.15, -0.1) is 0 Å². The molecule has 2 fully saturated rings. The van der Waals surface area contributed by atoms with Crippen LogP contribution in [0.2, 0.25) is 0 Å². The number of hydrogen-bond acceptors (Lipinski definition) is 5. The highest BCUT2D eigenvalue weighted by Gasteiger charge is 2.29. The zero-order valence-corrected chi connectivity index (χ0v) is 16.5. The standard InChI is InChI=1S/C18H28N6O4/c1-18(2,3)28-17(27)24-8-6-12(7-9-24)20-15(25)14-13(10-19-23-14)22-16(26)21-11-4-5-11/h10-12H,4-9H2,1-3H3,(H,19,23)(H,20,25)(H2,21,22,26). The lowest BCUT2D eigenvalue weighted by molar-refractivity contribution is 0.0199. The highest BCUT2D eigenvalue weighted by molar-refractivity contribution is 6.01. The van der Waals surface area contributed by atoms with Crippen LogP contribution in [0.5, 0.6) is 0 Å². The number of H-pyrrole nitrogens is 1. The molecule has 28 heavy (non-hydrogen) atoms. The van der Waals surface area contributed by atoms with E-state index in [0.717, 1.165) is 12.8 Å². The number of ether oxygens (including phenoxy) is 1. The maximum absolute atomic E-state index is 12.6. The van der Waals surface area contributed by atoms with Crippen molar-refractivity contribution in [3.63, 3.8) is 0 Å². The van der Waals surface area contributed by atoms with Crippen LogP contribution in [0.3, 0.4) is 0 Å². The van der Waals surface area contributed by atoms with Gasteiger partial charge in [0.2, 0.25) is 0 Å². The number of aromatic nitrogens is 2. The summed E-state index contributed by atoms with van der Waals surface area (Å²) >= 11 is 0. The van der Waals surface area contributed by atoms with Crippen molar-refractivity contribution < 1.29 is 19.1 Å². The summed E-state index contributed by atoms with van der Waals surface area (Å²) < 4.78 is 5.38. The lowest BCUT2D eigenvalue weighted by atomic mass is 10.1. The van der Waals surface area contributed by atoms with Crippen molar-refractivity contribution in [3.8, 4) is 0 Å². The summed E-state index contributed by atoms with van der Waals surface area (Å²) in [5.74, 6) is -0.338. The average molecular weight is 392 g/mol. The summed E-state index contributed by atoms with van der Waals surface area (Å²) in [5, 5.41) is 14.9. The molecule has 0 bridgehead atoms. The van der Waals surface area contributed by atoms with Gasteiger partial charge in [0.15, 0.2) is 0 Å². The van der Waals surface area contributed by atoms with Crippen molar-refractivity contribution in [3.05, 3.63) is 11.9 Å². The van der Waals surface area contributed by atoms with E-state index in [0.29, 0.717) is 31.6 Å². The maximum atomic E-state index is 12.6. The molecule has 4 amide bonds. The van der Waals surface area contributed by atoms with Gasteiger partial charge in [0.1, 0.15) is 11.3 Å². The van der Waals surface area contributed by atoms with Gasteiger partial charge < -0.3 is 25.6 Å². The maximum Gasteiger partial charge on any atom is 0.410 e. The third-order valence-corrected chi connectivity index (χ3v) is 4.51. The number of urea groups is 1. The number of anilines is 1. The predicted molar refractivity (Wildman–Crippen MR) is 102 cm³/mol. The van der Waals surface area contributed by atoms with E-state index in [9.17, 15) is 14.4 Å². The number of nitrogens with zero attached hydrogens (tertiary/aromatic N) is 2. The molecule has 0 spiro atoms. The smallest absolute Gasteiger partial charge is 0.410 e. The molecule has 0 unspecified atom stereocenters. The van der Waals surface area contributed by atoms with E-state index in [1.54, 1.807) is 4.90 Å². The number of nitrogens with one attached hydrogen (secondary N) is 4. The van der Waals surface area contributed by atoms with Crippen molar-refractivity contribution in [1.29, 1.82) is 0 Å². The van der Waals surface area contributed by atoms with Gasteiger partial charge in [0.05, 0.1) is 11.9 Å². The van der Waals surface area contributed by atoms with E-state index < -0.39 is 5.60 Å².